The molecule has 3 aromatic rings. The van der Waals surface area contributed by atoms with Crippen LogP contribution in [0.1, 0.15) is 24.4 Å². The molecule has 1 saturated heterocycles. The van der Waals surface area contributed by atoms with Crippen LogP contribution in [0.4, 0.5) is 0 Å². The third kappa shape index (κ3) is 4.86. The first-order valence-electron chi connectivity index (χ1n) is 9.73. The van der Waals surface area contributed by atoms with E-state index in [9.17, 15) is 4.79 Å². The largest absolute Gasteiger partial charge is 0.497 e. The molecule has 0 atom stereocenters. The van der Waals surface area contributed by atoms with E-state index in [0.717, 1.165) is 43.8 Å². The van der Waals surface area contributed by atoms with Crippen molar-refractivity contribution in [2.24, 2.45) is 0 Å². The van der Waals surface area contributed by atoms with Gasteiger partial charge < -0.3 is 4.74 Å². The molecule has 1 fully saturated rings. The molecular formula is C23H26ClN3O2. The first-order chi connectivity index (χ1) is 13.7. The molecule has 0 unspecified atom stereocenters. The van der Waals surface area contributed by atoms with Crippen LogP contribution in [0.25, 0.3) is 11.1 Å². The maximum absolute atomic E-state index is 13.1. The van der Waals surface area contributed by atoms with Crippen LogP contribution in [0.15, 0.2) is 71.7 Å². The minimum atomic E-state index is -0.0193. The average Bonchev–Trinajstić information content (AvgIpc) is 2.75. The predicted octanol–water partition coefficient (Wildman–Crippen LogP) is 4.18. The molecule has 2 heterocycles. The quantitative estimate of drug-likeness (QED) is 0.632. The second-order valence-corrected chi connectivity index (χ2v) is 7.22. The lowest BCUT2D eigenvalue weighted by Crippen LogP contribution is -2.38. The molecule has 0 spiro atoms. The molecule has 0 radical (unpaired) electrons. The maximum Gasteiger partial charge on any atom is 0.274 e. The summed E-state index contributed by atoms with van der Waals surface area (Å²) in [6, 6.07) is 20.1. The fourth-order valence-electron chi connectivity index (χ4n) is 3.84. The molecule has 5 nitrogen and oxygen atoms in total. The number of aromatic nitrogens is 2. The fourth-order valence-corrected chi connectivity index (χ4v) is 3.84. The summed E-state index contributed by atoms with van der Waals surface area (Å²) in [5.41, 5.74) is 2.89. The summed E-state index contributed by atoms with van der Waals surface area (Å²) in [6.07, 6.45) is 3.61. The van der Waals surface area contributed by atoms with Crippen LogP contribution in [-0.4, -0.2) is 34.9 Å². The minimum Gasteiger partial charge on any atom is -0.497 e. The van der Waals surface area contributed by atoms with Gasteiger partial charge in [0.05, 0.1) is 18.7 Å². The van der Waals surface area contributed by atoms with Crippen LogP contribution in [0.3, 0.4) is 0 Å². The zero-order valence-corrected chi connectivity index (χ0v) is 17.3. The molecule has 4 rings (SSSR count). The Morgan fingerprint density at radius 1 is 1.00 bits per heavy atom. The summed E-state index contributed by atoms with van der Waals surface area (Å²) in [5, 5.41) is 4.39. The molecule has 0 amide bonds. The van der Waals surface area contributed by atoms with Crippen molar-refractivity contribution in [3.63, 3.8) is 0 Å². The molecule has 1 aliphatic rings. The second-order valence-electron chi connectivity index (χ2n) is 7.22. The Morgan fingerprint density at radius 3 is 2.34 bits per heavy atom. The SMILES string of the molecule is COc1ccc(-c2ccnn(C3CCN(Cc4ccccc4)CC3)c2=O)cc1.Cl. The van der Waals surface area contributed by atoms with Crippen LogP contribution < -0.4 is 10.3 Å². The van der Waals surface area contributed by atoms with Crippen molar-refractivity contribution in [3.05, 3.63) is 82.8 Å². The van der Waals surface area contributed by atoms with Gasteiger partial charge in [-0.2, -0.15) is 5.10 Å². The van der Waals surface area contributed by atoms with E-state index in [1.807, 2.05) is 30.3 Å². The summed E-state index contributed by atoms with van der Waals surface area (Å²) in [7, 11) is 1.64. The van der Waals surface area contributed by atoms with Gasteiger partial charge in [0.15, 0.2) is 0 Å². The van der Waals surface area contributed by atoms with E-state index in [-0.39, 0.29) is 24.0 Å². The number of benzene rings is 2. The zero-order chi connectivity index (χ0) is 19.3. The molecule has 6 heteroatoms. The Balaban J connectivity index is 0.00000240. The molecule has 1 aromatic heterocycles. The Morgan fingerprint density at radius 2 is 1.69 bits per heavy atom. The lowest BCUT2D eigenvalue weighted by molar-refractivity contribution is 0.170. The Labute approximate surface area is 177 Å². The number of hydrogen-bond acceptors (Lipinski definition) is 4. The van der Waals surface area contributed by atoms with Crippen molar-refractivity contribution >= 4 is 12.4 Å². The van der Waals surface area contributed by atoms with Crippen molar-refractivity contribution in [1.29, 1.82) is 0 Å². The Hall–Kier alpha value is -2.63. The van der Waals surface area contributed by atoms with Gasteiger partial charge in [0.2, 0.25) is 0 Å². The van der Waals surface area contributed by atoms with Crippen LogP contribution in [0.2, 0.25) is 0 Å². The van der Waals surface area contributed by atoms with Gasteiger partial charge in [0, 0.05) is 25.8 Å². The van der Waals surface area contributed by atoms with Crippen molar-refractivity contribution < 1.29 is 4.74 Å². The smallest absolute Gasteiger partial charge is 0.274 e. The second kappa shape index (κ2) is 9.72. The van der Waals surface area contributed by atoms with Gasteiger partial charge in [-0.15, -0.1) is 12.4 Å². The highest BCUT2D eigenvalue weighted by Crippen LogP contribution is 2.24. The first kappa shape index (κ1) is 21.1. The van der Waals surface area contributed by atoms with E-state index in [1.165, 1.54) is 5.56 Å². The highest BCUT2D eigenvalue weighted by molar-refractivity contribution is 5.85. The average molecular weight is 412 g/mol. The summed E-state index contributed by atoms with van der Waals surface area (Å²) < 4.78 is 6.89. The normalized spacial score (nSPS) is 14.9. The summed E-state index contributed by atoms with van der Waals surface area (Å²) >= 11 is 0. The molecule has 0 bridgehead atoms. The van der Waals surface area contributed by atoms with Crippen LogP contribution in [-0.2, 0) is 6.54 Å². The van der Waals surface area contributed by atoms with E-state index < -0.39 is 0 Å². The molecule has 2 aromatic carbocycles. The van der Waals surface area contributed by atoms with Crippen LogP contribution in [0, 0.1) is 0 Å². The van der Waals surface area contributed by atoms with Crippen LogP contribution in [0.5, 0.6) is 5.75 Å². The molecule has 152 valence electrons. The molecule has 0 saturated carbocycles. The van der Waals surface area contributed by atoms with Gasteiger partial charge >= 0.3 is 0 Å². The van der Waals surface area contributed by atoms with E-state index >= 15 is 0 Å². The standard InChI is InChI=1S/C23H25N3O2.ClH/c1-28-21-9-7-19(8-10-21)22-11-14-24-26(23(22)27)20-12-15-25(16-13-20)17-18-5-3-2-4-6-18;/h2-11,14,20H,12-13,15-17H2,1H3;1H. The molecule has 29 heavy (non-hydrogen) atoms. The number of rotatable bonds is 5. The number of halogens is 1. The number of piperidine rings is 1. The highest BCUT2D eigenvalue weighted by atomic mass is 35.5. The van der Waals surface area contributed by atoms with Gasteiger partial charge in [0.1, 0.15) is 5.75 Å². The van der Waals surface area contributed by atoms with E-state index in [2.05, 4.69) is 34.3 Å². The number of methoxy groups -OCH3 is 1. The summed E-state index contributed by atoms with van der Waals surface area (Å²) in [4.78, 5) is 15.5. The molecule has 0 aliphatic carbocycles. The lowest BCUT2D eigenvalue weighted by atomic mass is 10.0. The Bertz CT molecular complexity index is 965. The van der Waals surface area contributed by atoms with Crippen molar-refractivity contribution in [1.82, 2.24) is 14.7 Å². The van der Waals surface area contributed by atoms with Gasteiger partial charge in [-0.1, -0.05) is 42.5 Å². The van der Waals surface area contributed by atoms with Crippen molar-refractivity contribution in [3.8, 4) is 16.9 Å². The van der Waals surface area contributed by atoms with Crippen molar-refractivity contribution in [2.75, 3.05) is 20.2 Å². The van der Waals surface area contributed by atoms with E-state index in [0.29, 0.717) is 5.56 Å². The topological polar surface area (TPSA) is 47.4 Å². The lowest BCUT2D eigenvalue weighted by Gasteiger charge is -2.32. The number of hydrogen-bond donors (Lipinski definition) is 0. The third-order valence-corrected chi connectivity index (χ3v) is 5.42. The first-order valence-corrected chi connectivity index (χ1v) is 9.73. The van der Waals surface area contributed by atoms with Gasteiger partial charge in [-0.25, -0.2) is 4.68 Å². The zero-order valence-electron chi connectivity index (χ0n) is 16.5. The molecule has 1 aliphatic heterocycles. The van der Waals surface area contributed by atoms with Crippen LogP contribution >= 0.6 is 12.4 Å². The predicted molar refractivity (Wildman–Crippen MR) is 118 cm³/mol. The number of ether oxygens (including phenoxy) is 1. The number of nitrogens with zero attached hydrogens (tertiary/aromatic N) is 3. The third-order valence-electron chi connectivity index (χ3n) is 5.42. The highest BCUT2D eigenvalue weighted by Gasteiger charge is 2.23. The van der Waals surface area contributed by atoms with E-state index in [1.54, 1.807) is 24.1 Å². The molecular weight excluding hydrogens is 386 g/mol. The maximum atomic E-state index is 13.1. The molecule has 0 N–H and O–H groups in total. The van der Waals surface area contributed by atoms with E-state index in [4.69, 9.17) is 4.74 Å². The number of likely N-dealkylation sites (tertiary alicyclic amines) is 1. The fraction of sp³-hybridized carbons (Fsp3) is 0.304. The Kier molecular flexibility index (Phi) is 7.07. The summed E-state index contributed by atoms with van der Waals surface area (Å²) in [6.45, 7) is 2.91. The van der Waals surface area contributed by atoms with Gasteiger partial charge in [-0.05, 0) is 42.2 Å². The van der Waals surface area contributed by atoms with Gasteiger partial charge in [-0.3, -0.25) is 9.69 Å². The minimum absolute atomic E-state index is 0. The van der Waals surface area contributed by atoms with Gasteiger partial charge in [0.25, 0.3) is 5.56 Å². The summed E-state index contributed by atoms with van der Waals surface area (Å²) in [5.74, 6) is 0.781. The van der Waals surface area contributed by atoms with Crippen molar-refractivity contribution in [2.45, 2.75) is 25.4 Å². The monoisotopic (exact) mass is 411 g/mol.